The molecule has 0 spiro atoms. The van der Waals surface area contributed by atoms with Crippen molar-refractivity contribution in [1.82, 2.24) is 10.2 Å². The van der Waals surface area contributed by atoms with Gasteiger partial charge >= 0.3 is 0 Å². The first-order valence-electron chi connectivity index (χ1n) is 7.17. The number of likely N-dealkylation sites (tertiary alicyclic amines) is 1. The number of rotatable bonds is 1. The molecule has 0 aliphatic carbocycles. The molecule has 17 heavy (non-hydrogen) atoms. The molecule has 1 N–H and O–H groups in total. The number of nitrogens with zero attached hydrogens (tertiary/aromatic N) is 1. The van der Waals surface area contributed by atoms with E-state index in [1.807, 2.05) is 53.5 Å². The van der Waals surface area contributed by atoms with Crippen LogP contribution in [0.2, 0.25) is 0 Å². The maximum Gasteiger partial charge on any atom is 0.219 e. The molecule has 1 amide bonds. The Morgan fingerprint density at radius 3 is 1.59 bits per heavy atom. The van der Waals surface area contributed by atoms with Crippen LogP contribution in [0.1, 0.15) is 61.3 Å². The predicted octanol–water partition coefficient (Wildman–Crippen LogP) is 3.30. The quantitative estimate of drug-likeness (QED) is 0.770. The fourth-order valence-corrected chi connectivity index (χ4v) is 1.48. The summed E-state index contributed by atoms with van der Waals surface area (Å²) in [6, 6.07) is 0.616. The van der Waals surface area contributed by atoms with E-state index in [1.54, 1.807) is 6.92 Å². The highest BCUT2D eigenvalue weighted by Gasteiger charge is 2.18. The van der Waals surface area contributed by atoms with Crippen molar-refractivity contribution < 1.29 is 4.79 Å². The minimum Gasteiger partial charge on any atom is -0.343 e. The average molecular weight is 246 g/mol. The third kappa shape index (κ3) is 11.7. The molecule has 3 nitrogen and oxygen atoms in total. The molecule has 0 aromatic rings. The molecule has 0 atom stereocenters. The van der Waals surface area contributed by atoms with Gasteiger partial charge in [0.1, 0.15) is 0 Å². The lowest BCUT2D eigenvalue weighted by atomic mass is 10.1. The van der Waals surface area contributed by atoms with Crippen LogP contribution in [0.25, 0.3) is 0 Å². The molecule has 3 heteroatoms. The Balaban J connectivity index is -0.000000285. The van der Waals surface area contributed by atoms with Crippen LogP contribution >= 0.6 is 0 Å². The van der Waals surface area contributed by atoms with E-state index in [1.165, 1.54) is 0 Å². The lowest BCUT2D eigenvalue weighted by molar-refractivity contribution is -0.129. The van der Waals surface area contributed by atoms with Gasteiger partial charge < -0.3 is 10.2 Å². The van der Waals surface area contributed by atoms with Gasteiger partial charge in [0.15, 0.2) is 0 Å². The monoisotopic (exact) mass is 246 g/mol. The van der Waals surface area contributed by atoms with Gasteiger partial charge in [-0.3, -0.25) is 4.79 Å². The van der Waals surface area contributed by atoms with Crippen LogP contribution in [0, 0.1) is 0 Å². The van der Waals surface area contributed by atoms with Crippen LogP contribution in [-0.2, 0) is 4.79 Å². The Morgan fingerprint density at radius 1 is 1.00 bits per heavy atom. The molecular formula is C14H34N2O. The van der Waals surface area contributed by atoms with Crippen LogP contribution in [-0.4, -0.2) is 37.0 Å². The minimum atomic E-state index is 0.208. The Morgan fingerprint density at radius 2 is 1.35 bits per heavy atom. The molecule has 0 unspecified atom stereocenters. The van der Waals surface area contributed by atoms with E-state index in [2.05, 4.69) is 5.32 Å². The van der Waals surface area contributed by atoms with E-state index in [0.29, 0.717) is 6.04 Å². The maximum absolute atomic E-state index is 10.9. The molecule has 0 radical (unpaired) electrons. The highest BCUT2D eigenvalue weighted by molar-refractivity contribution is 5.73. The number of nitrogens with one attached hydrogen (secondary N) is 1. The van der Waals surface area contributed by atoms with Crippen LogP contribution in [0.4, 0.5) is 0 Å². The summed E-state index contributed by atoms with van der Waals surface area (Å²) in [4.78, 5) is 12.8. The first-order valence-corrected chi connectivity index (χ1v) is 7.17. The zero-order valence-corrected chi connectivity index (χ0v) is 13.3. The summed E-state index contributed by atoms with van der Waals surface area (Å²) in [7, 11) is 1.98. The normalized spacial score (nSPS) is 14.2. The molecule has 106 valence electrons. The van der Waals surface area contributed by atoms with Crippen molar-refractivity contribution in [2.75, 3.05) is 20.1 Å². The standard InChI is InChI=1S/C8H16N2O.3C2H6/c1-7(11)10-5-3-8(9-2)4-6-10;3*1-2/h8-9H,3-6H2,1-2H3;3*1-2H3. The molecule has 1 saturated heterocycles. The van der Waals surface area contributed by atoms with Gasteiger partial charge in [0, 0.05) is 26.1 Å². The molecular weight excluding hydrogens is 212 g/mol. The molecule has 0 aromatic heterocycles. The Hall–Kier alpha value is -0.570. The molecule has 1 heterocycles. The van der Waals surface area contributed by atoms with Crippen molar-refractivity contribution in [3.8, 4) is 0 Å². The number of carbonyl (C=O) groups is 1. The minimum absolute atomic E-state index is 0.208. The van der Waals surface area contributed by atoms with Crippen molar-refractivity contribution in [2.45, 2.75) is 67.3 Å². The lowest BCUT2D eigenvalue weighted by Gasteiger charge is -2.30. The number of hydrogen-bond acceptors (Lipinski definition) is 2. The van der Waals surface area contributed by atoms with Crippen LogP contribution in [0.3, 0.4) is 0 Å². The lowest BCUT2D eigenvalue weighted by Crippen LogP contribution is -2.43. The van der Waals surface area contributed by atoms with E-state index in [-0.39, 0.29) is 5.91 Å². The van der Waals surface area contributed by atoms with Crippen molar-refractivity contribution >= 4 is 5.91 Å². The summed E-state index contributed by atoms with van der Waals surface area (Å²) in [6.07, 6.45) is 2.19. The fraction of sp³-hybridized carbons (Fsp3) is 0.929. The number of carbonyl (C=O) groups excluding carboxylic acids is 1. The first kappa shape index (κ1) is 21.7. The van der Waals surface area contributed by atoms with Crippen molar-refractivity contribution in [2.24, 2.45) is 0 Å². The second-order valence-corrected chi connectivity index (χ2v) is 3.07. The maximum atomic E-state index is 10.9. The Kier molecular flexibility index (Phi) is 22.7. The van der Waals surface area contributed by atoms with Crippen molar-refractivity contribution in [1.29, 1.82) is 0 Å². The van der Waals surface area contributed by atoms with E-state index < -0.39 is 0 Å². The molecule has 1 fully saturated rings. The Labute approximate surface area is 109 Å². The van der Waals surface area contributed by atoms with Gasteiger partial charge in [0.05, 0.1) is 0 Å². The third-order valence-electron chi connectivity index (χ3n) is 2.35. The van der Waals surface area contributed by atoms with Crippen molar-refractivity contribution in [3.05, 3.63) is 0 Å². The van der Waals surface area contributed by atoms with Gasteiger partial charge in [-0.05, 0) is 19.9 Å². The fourth-order valence-electron chi connectivity index (χ4n) is 1.48. The van der Waals surface area contributed by atoms with Gasteiger partial charge in [-0.25, -0.2) is 0 Å². The molecule has 1 aliphatic rings. The number of piperidine rings is 1. The van der Waals surface area contributed by atoms with Crippen LogP contribution in [0.5, 0.6) is 0 Å². The molecule has 0 saturated carbocycles. The van der Waals surface area contributed by atoms with E-state index >= 15 is 0 Å². The molecule has 1 aliphatic heterocycles. The third-order valence-corrected chi connectivity index (χ3v) is 2.35. The van der Waals surface area contributed by atoms with Gasteiger partial charge in [0.25, 0.3) is 0 Å². The highest BCUT2D eigenvalue weighted by Crippen LogP contribution is 2.09. The summed E-state index contributed by atoms with van der Waals surface area (Å²) in [5, 5.41) is 3.23. The zero-order valence-electron chi connectivity index (χ0n) is 13.3. The summed E-state index contributed by atoms with van der Waals surface area (Å²) >= 11 is 0. The van der Waals surface area contributed by atoms with Crippen LogP contribution < -0.4 is 5.32 Å². The average Bonchev–Trinajstić information content (AvgIpc) is 2.45. The topological polar surface area (TPSA) is 32.3 Å². The summed E-state index contributed by atoms with van der Waals surface area (Å²) < 4.78 is 0. The zero-order chi connectivity index (χ0) is 14.3. The largest absolute Gasteiger partial charge is 0.343 e. The molecule has 0 aromatic carbocycles. The van der Waals surface area contributed by atoms with Crippen molar-refractivity contribution in [3.63, 3.8) is 0 Å². The van der Waals surface area contributed by atoms with E-state index in [9.17, 15) is 4.79 Å². The first-order chi connectivity index (χ1) is 8.24. The van der Waals surface area contributed by atoms with Gasteiger partial charge in [-0.1, -0.05) is 41.5 Å². The van der Waals surface area contributed by atoms with Gasteiger partial charge in [0.2, 0.25) is 5.91 Å². The summed E-state index contributed by atoms with van der Waals surface area (Å²) in [6.45, 7) is 15.5. The molecule has 1 rings (SSSR count). The predicted molar refractivity (Wildman–Crippen MR) is 78.4 cm³/mol. The second kappa shape index (κ2) is 17.8. The highest BCUT2D eigenvalue weighted by atomic mass is 16.2. The molecule has 0 bridgehead atoms. The summed E-state index contributed by atoms with van der Waals surface area (Å²) in [5.74, 6) is 0.208. The van der Waals surface area contributed by atoms with E-state index in [4.69, 9.17) is 0 Å². The van der Waals surface area contributed by atoms with E-state index in [0.717, 1.165) is 25.9 Å². The smallest absolute Gasteiger partial charge is 0.219 e. The summed E-state index contributed by atoms with van der Waals surface area (Å²) in [5.41, 5.74) is 0. The van der Waals surface area contributed by atoms with Crippen LogP contribution in [0.15, 0.2) is 0 Å². The number of hydrogen-bond donors (Lipinski definition) is 1. The van der Waals surface area contributed by atoms with Gasteiger partial charge in [-0.2, -0.15) is 0 Å². The SMILES string of the molecule is CC.CC.CC.CNC1CCN(C(C)=O)CC1. The number of amides is 1. The van der Waals surface area contributed by atoms with Gasteiger partial charge in [-0.15, -0.1) is 0 Å². The Bertz CT molecular complexity index is 141. The second-order valence-electron chi connectivity index (χ2n) is 3.07.